The minimum atomic E-state index is -4.87. The Labute approximate surface area is 441 Å². The van der Waals surface area contributed by atoms with Gasteiger partial charge in [-0.3, -0.25) is 9.35 Å². The number of hydrogen-bond acceptors (Lipinski definition) is 16. The Kier molecular flexibility index (Phi) is 22.8. The van der Waals surface area contributed by atoms with E-state index < -0.39 is 96.0 Å². The van der Waals surface area contributed by atoms with E-state index in [1.165, 1.54) is 6.92 Å². The van der Waals surface area contributed by atoms with Crippen molar-refractivity contribution in [2.24, 2.45) is 5.41 Å². The zero-order chi connectivity index (χ0) is 53.0. The van der Waals surface area contributed by atoms with E-state index in [4.69, 9.17) is 56.3 Å². The van der Waals surface area contributed by atoms with Crippen molar-refractivity contribution in [1.82, 2.24) is 5.32 Å². The van der Waals surface area contributed by atoms with E-state index in [9.17, 15) is 22.9 Å². The van der Waals surface area contributed by atoms with E-state index in [1.807, 2.05) is 97.9 Å². The summed E-state index contributed by atoms with van der Waals surface area (Å²) < 4.78 is 109. The van der Waals surface area contributed by atoms with Crippen LogP contribution in [0.4, 0.5) is 0 Å². The second-order valence-electron chi connectivity index (χ2n) is 19.4. The number of aliphatic hydroxyl groups excluding tert-OH is 1. The number of hydrogen-bond donors (Lipinski definition) is 3. The Balaban J connectivity index is 1.16. The molecule has 75 heavy (non-hydrogen) atoms. The SMILES string of the molecule is CCCCCCCCO[C@H]1O[C@H](COCC2(COS(=O)(=O)O)COC(c3ccc(OC)cc3)OC2)[C@@H](O)[C@H](O[C@@H]2O[C@@H](C)[C@@H](OCc3ccccc3)[C@@H](OCc3ccccc3)[C@@H]2OCc2ccccc2)[C@H]1NC(C)=O. The molecule has 0 saturated carbocycles. The number of carbonyl (C=O) groups excluding carboxylic acids is 1. The van der Waals surface area contributed by atoms with Gasteiger partial charge in [0.25, 0.3) is 0 Å². The second-order valence-corrected chi connectivity index (χ2v) is 20.5. The number of carbonyl (C=O) groups is 1. The highest BCUT2D eigenvalue weighted by Gasteiger charge is 2.53. The Morgan fingerprint density at radius 2 is 1.25 bits per heavy atom. The first-order valence-electron chi connectivity index (χ1n) is 25.9. The Hall–Kier alpha value is -4.42. The molecular formula is C56H75NO17S. The lowest BCUT2D eigenvalue weighted by molar-refractivity contribution is -0.355. The largest absolute Gasteiger partial charge is 0.497 e. The van der Waals surface area contributed by atoms with E-state index in [-0.39, 0.29) is 52.9 Å². The monoisotopic (exact) mass is 1070 g/mol. The summed E-state index contributed by atoms with van der Waals surface area (Å²) in [7, 11) is -3.32. The molecule has 0 radical (unpaired) electrons. The van der Waals surface area contributed by atoms with Gasteiger partial charge in [0, 0.05) is 19.1 Å². The van der Waals surface area contributed by atoms with Gasteiger partial charge >= 0.3 is 10.4 Å². The molecule has 0 aromatic heterocycles. The van der Waals surface area contributed by atoms with Crippen LogP contribution in [-0.2, 0) is 86.6 Å². The van der Waals surface area contributed by atoms with Crippen LogP contribution in [0, 0.1) is 5.41 Å². The van der Waals surface area contributed by atoms with Crippen LogP contribution in [0.5, 0.6) is 5.75 Å². The Bertz CT molecular complexity index is 2360. The van der Waals surface area contributed by atoms with E-state index in [1.54, 1.807) is 31.4 Å². The fourth-order valence-electron chi connectivity index (χ4n) is 9.31. The summed E-state index contributed by atoms with van der Waals surface area (Å²) in [6, 6.07) is 35.2. The molecule has 3 saturated heterocycles. The number of amides is 1. The molecule has 3 fully saturated rings. The summed E-state index contributed by atoms with van der Waals surface area (Å²) >= 11 is 0. The van der Waals surface area contributed by atoms with Crippen molar-refractivity contribution in [2.75, 3.05) is 46.8 Å². The zero-order valence-corrected chi connectivity index (χ0v) is 44.2. The molecule has 4 aromatic rings. The fourth-order valence-corrected chi connectivity index (χ4v) is 9.71. The molecule has 3 heterocycles. The maximum absolute atomic E-state index is 13.1. The van der Waals surface area contributed by atoms with Crippen LogP contribution in [0.25, 0.3) is 0 Å². The Morgan fingerprint density at radius 1 is 0.693 bits per heavy atom. The Morgan fingerprint density at radius 3 is 1.81 bits per heavy atom. The van der Waals surface area contributed by atoms with E-state index in [0.29, 0.717) is 17.7 Å². The van der Waals surface area contributed by atoms with Crippen LogP contribution in [0.15, 0.2) is 115 Å². The molecule has 10 atom stereocenters. The van der Waals surface area contributed by atoms with Gasteiger partial charge in [0.2, 0.25) is 5.91 Å². The number of unbranched alkanes of at least 4 members (excludes halogenated alkanes) is 5. The van der Waals surface area contributed by atoms with E-state index >= 15 is 0 Å². The van der Waals surface area contributed by atoms with Crippen molar-refractivity contribution in [1.29, 1.82) is 0 Å². The summed E-state index contributed by atoms with van der Waals surface area (Å²) in [5.74, 6) is 0.218. The predicted octanol–water partition coefficient (Wildman–Crippen LogP) is 7.42. The number of ether oxygens (including phenoxy) is 11. The molecule has 0 bridgehead atoms. The van der Waals surface area contributed by atoms with Gasteiger partial charge < -0.3 is 62.5 Å². The van der Waals surface area contributed by atoms with Crippen molar-refractivity contribution < 1.29 is 79.2 Å². The maximum atomic E-state index is 13.1. The third-order valence-corrected chi connectivity index (χ3v) is 13.8. The van der Waals surface area contributed by atoms with Crippen LogP contribution in [0.2, 0.25) is 0 Å². The van der Waals surface area contributed by atoms with Crippen LogP contribution in [-0.4, -0.2) is 132 Å². The van der Waals surface area contributed by atoms with Crippen molar-refractivity contribution in [2.45, 2.75) is 147 Å². The number of benzene rings is 4. The average Bonchev–Trinajstić information content (AvgIpc) is 3.42. The number of rotatable bonds is 29. The highest BCUT2D eigenvalue weighted by atomic mass is 32.3. The lowest BCUT2D eigenvalue weighted by Gasteiger charge is -2.49. The van der Waals surface area contributed by atoms with E-state index in [0.717, 1.165) is 48.8 Å². The molecule has 3 aliphatic heterocycles. The van der Waals surface area contributed by atoms with Gasteiger partial charge in [-0.2, -0.15) is 8.42 Å². The molecule has 3 aliphatic rings. The van der Waals surface area contributed by atoms with Crippen molar-refractivity contribution in [3.63, 3.8) is 0 Å². The van der Waals surface area contributed by atoms with Gasteiger partial charge in [0.1, 0.15) is 48.4 Å². The minimum Gasteiger partial charge on any atom is -0.497 e. The third-order valence-electron chi connectivity index (χ3n) is 13.4. The summed E-state index contributed by atoms with van der Waals surface area (Å²) in [4.78, 5) is 13.1. The highest BCUT2D eigenvalue weighted by molar-refractivity contribution is 7.80. The van der Waals surface area contributed by atoms with E-state index in [2.05, 4.69) is 12.2 Å². The molecule has 3 N–H and O–H groups in total. The van der Waals surface area contributed by atoms with Crippen LogP contribution in [0.1, 0.15) is 87.8 Å². The number of aliphatic hydroxyl groups is 1. The van der Waals surface area contributed by atoms with Crippen molar-refractivity contribution in [3.8, 4) is 5.75 Å². The summed E-state index contributed by atoms with van der Waals surface area (Å²) in [6.07, 6.45) is -4.12. The smallest absolute Gasteiger partial charge is 0.397 e. The molecule has 7 rings (SSSR count). The minimum absolute atomic E-state index is 0.0984. The van der Waals surface area contributed by atoms with Gasteiger partial charge in [-0.05, 0) is 42.2 Å². The topological polar surface area (TPSA) is 214 Å². The first-order valence-corrected chi connectivity index (χ1v) is 27.3. The molecule has 1 amide bonds. The zero-order valence-electron chi connectivity index (χ0n) is 43.4. The summed E-state index contributed by atoms with van der Waals surface area (Å²) in [5, 5.41) is 15.5. The molecule has 0 spiro atoms. The van der Waals surface area contributed by atoms with Crippen LogP contribution < -0.4 is 10.1 Å². The first-order chi connectivity index (χ1) is 36.3. The quantitative estimate of drug-likeness (QED) is 0.0356. The molecule has 0 unspecified atom stereocenters. The summed E-state index contributed by atoms with van der Waals surface area (Å²) in [6.45, 7) is 5.01. The van der Waals surface area contributed by atoms with Gasteiger partial charge in [-0.25, -0.2) is 4.18 Å². The number of methoxy groups -OCH3 is 1. The molecule has 4 aromatic carbocycles. The van der Waals surface area contributed by atoms with Gasteiger partial charge in [0.15, 0.2) is 18.9 Å². The fraction of sp³-hybridized carbons (Fsp3) is 0.554. The molecule has 412 valence electrons. The van der Waals surface area contributed by atoms with Crippen molar-refractivity contribution >= 4 is 16.3 Å². The second kappa shape index (κ2) is 29.4. The maximum Gasteiger partial charge on any atom is 0.397 e. The number of nitrogens with one attached hydrogen (secondary N) is 1. The average molecular weight is 1070 g/mol. The normalized spacial score (nSPS) is 28.2. The lowest BCUT2D eigenvalue weighted by Crippen LogP contribution is -2.68. The van der Waals surface area contributed by atoms with Gasteiger partial charge in [0.05, 0.1) is 71.5 Å². The highest BCUT2D eigenvalue weighted by Crippen LogP contribution is 2.37. The van der Waals surface area contributed by atoms with Crippen molar-refractivity contribution in [3.05, 3.63) is 138 Å². The van der Waals surface area contributed by atoms with Crippen LogP contribution in [0.3, 0.4) is 0 Å². The summed E-state index contributed by atoms with van der Waals surface area (Å²) in [5.41, 5.74) is 2.20. The third kappa shape index (κ3) is 17.8. The predicted molar refractivity (Wildman–Crippen MR) is 274 cm³/mol. The molecule has 19 heteroatoms. The first kappa shape index (κ1) is 58.3. The molecular weight excluding hydrogens is 991 g/mol. The standard InChI is InChI=1S/C56H75NO17S/c1-5-6-7-8-9-19-30-65-54-47(57-40(3)58)50(48(59)46(73-54)34-64-35-56(38-71-75(60,61)62)36-69-53(70-37-56)44-26-28-45(63-4)29-27-44)74-55-52(68-33-43-24-17-12-18-25-43)51(67-32-42-22-15-11-16-23-42)49(39(2)72-55)66-31-41-20-13-10-14-21-41/h10-18,20-29,39,46-55,59H,5-9,19,30-38H2,1-4H3,(H,57,58)(H,60,61,62)/t39-,46+,47+,48+,49+,50+,51+,52-,53?,54-,55-,56?/m0/s1. The van der Waals surface area contributed by atoms with Crippen LogP contribution >= 0.6 is 0 Å². The van der Waals surface area contributed by atoms with Gasteiger partial charge in [-0.15, -0.1) is 0 Å². The molecule has 0 aliphatic carbocycles. The van der Waals surface area contributed by atoms with Gasteiger partial charge in [-0.1, -0.05) is 142 Å². The molecule has 18 nitrogen and oxygen atoms in total. The lowest BCUT2D eigenvalue weighted by atomic mass is 9.91.